The monoisotopic (exact) mass is 662 g/mol. The number of oxazole rings is 1. The van der Waals surface area contributed by atoms with E-state index >= 15 is 0 Å². The summed E-state index contributed by atoms with van der Waals surface area (Å²) in [6.45, 7) is 9.98. The van der Waals surface area contributed by atoms with Crippen molar-refractivity contribution in [1.29, 1.82) is 0 Å². The molecule has 2 amide bonds. The normalized spacial score (nSPS) is 28.6. The number of aliphatic hydroxyl groups is 1. The fourth-order valence-electron chi connectivity index (χ4n) is 5.59. The molecule has 3 unspecified atom stereocenters. The third-order valence-electron chi connectivity index (χ3n) is 7.88. The first-order valence-corrected chi connectivity index (χ1v) is 17.3. The number of Topliss-reactive ketones (excluding diaryl/α,β-unsaturated/α-hetero) is 1. The summed E-state index contributed by atoms with van der Waals surface area (Å²) in [4.78, 5) is 57.9. The molecule has 3 N–H and O–H groups in total. The Labute approximate surface area is 270 Å². The fourth-order valence-corrected chi connectivity index (χ4v) is 7.43. The maximum absolute atomic E-state index is 13.9. The topological polar surface area (TPSA) is 185 Å². The van der Waals surface area contributed by atoms with Crippen molar-refractivity contribution in [2.45, 2.75) is 77.4 Å². The van der Waals surface area contributed by atoms with E-state index < -0.39 is 51.1 Å². The molecule has 14 heteroatoms. The van der Waals surface area contributed by atoms with Crippen LogP contribution in [0.2, 0.25) is 0 Å². The predicted octanol–water partition coefficient (Wildman–Crippen LogP) is 1.54. The van der Waals surface area contributed by atoms with Gasteiger partial charge >= 0.3 is 5.97 Å². The van der Waals surface area contributed by atoms with Crippen molar-refractivity contribution in [1.82, 2.24) is 20.5 Å². The number of aliphatic hydroxyl groups excluding tert-OH is 1. The van der Waals surface area contributed by atoms with Gasteiger partial charge in [-0.15, -0.1) is 0 Å². The minimum absolute atomic E-state index is 0.0183. The van der Waals surface area contributed by atoms with Crippen molar-refractivity contribution in [2.24, 2.45) is 11.8 Å². The number of aromatic nitrogens is 1. The van der Waals surface area contributed by atoms with Gasteiger partial charge in [-0.25, -0.2) is 18.2 Å². The summed E-state index contributed by atoms with van der Waals surface area (Å²) in [5, 5.41) is 14.9. The smallest absolute Gasteiger partial charge is 0.330 e. The Morgan fingerprint density at radius 1 is 1.20 bits per heavy atom. The van der Waals surface area contributed by atoms with E-state index in [9.17, 15) is 32.7 Å². The Hall–Kier alpha value is -3.62. The summed E-state index contributed by atoms with van der Waals surface area (Å²) >= 11 is 0. The van der Waals surface area contributed by atoms with Crippen LogP contribution in [0.3, 0.4) is 0 Å². The number of amides is 2. The summed E-state index contributed by atoms with van der Waals surface area (Å²) in [6.07, 6.45) is 6.64. The molecule has 13 nitrogen and oxygen atoms in total. The molecule has 46 heavy (non-hydrogen) atoms. The molecule has 254 valence electrons. The first-order chi connectivity index (χ1) is 21.7. The number of nitrogens with one attached hydrogen (secondary N) is 2. The van der Waals surface area contributed by atoms with Crippen LogP contribution in [0.15, 0.2) is 46.6 Å². The molecule has 2 bridgehead atoms. The van der Waals surface area contributed by atoms with Crippen molar-refractivity contribution in [3.8, 4) is 0 Å². The number of fused-ring (bicyclic) bond motifs is 3. The number of esters is 1. The van der Waals surface area contributed by atoms with E-state index in [0.29, 0.717) is 12.1 Å². The summed E-state index contributed by atoms with van der Waals surface area (Å²) in [6, 6.07) is -1.44. The van der Waals surface area contributed by atoms with Gasteiger partial charge in [-0.05, 0) is 31.9 Å². The summed E-state index contributed by atoms with van der Waals surface area (Å²) < 4.78 is 38.3. The van der Waals surface area contributed by atoms with Crippen molar-refractivity contribution >= 4 is 33.4 Å². The average Bonchev–Trinajstić information content (AvgIpc) is 3.64. The molecule has 1 saturated heterocycles. The van der Waals surface area contributed by atoms with E-state index in [1.54, 1.807) is 32.1 Å². The van der Waals surface area contributed by atoms with Gasteiger partial charge in [0.1, 0.15) is 24.2 Å². The molecule has 3 rings (SSSR count). The molecule has 3 heterocycles. The zero-order chi connectivity index (χ0) is 34.0. The number of nitrogens with zero attached hydrogens (tertiary/aromatic N) is 2. The van der Waals surface area contributed by atoms with E-state index in [-0.39, 0.29) is 73.8 Å². The zero-order valence-corrected chi connectivity index (χ0v) is 27.9. The van der Waals surface area contributed by atoms with Gasteiger partial charge in [-0.3, -0.25) is 14.4 Å². The Bertz CT molecular complexity index is 1450. The molecule has 1 fully saturated rings. The molecule has 0 aromatic carbocycles. The first-order valence-electron chi connectivity index (χ1n) is 15.6. The number of hydrogen-bond acceptors (Lipinski definition) is 11. The van der Waals surface area contributed by atoms with Crippen molar-refractivity contribution < 1.29 is 41.9 Å². The second-order valence-corrected chi connectivity index (χ2v) is 14.4. The average molecular weight is 663 g/mol. The van der Waals surface area contributed by atoms with Crippen LogP contribution in [0, 0.1) is 11.8 Å². The molecule has 0 radical (unpaired) electrons. The van der Waals surface area contributed by atoms with Crippen molar-refractivity contribution in [3.05, 3.63) is 53.8 Å². The lowest BCUT2D eigenvalue weighted by atomic mass is 9.94. The zero-order valence-electron chi connectivity index (χ0n) is 27.1. The second kappa shape index (κ2) is 16.8. The standard InChI is InChI=1S/C32H46N4O9S/c1-6-33-13-15-46(42,43)26-11-14-36-29(26)32(41)45-30(20(2)3)22(5)9-10-27(39)34-12-7-8-21(4)16-23(37)17-24(38)18-28-35-25(19-44-28)31(36)40/h7-10,16,19-20,22-23,26,29-30,33,37H,6,11-15,17-18H2,1-5H3,(H,34,39)/b8-7-,10-9-,21-16-/t22-,23?,26?,29?,30-/m1/s1. The lowest BCUT2D eigenvalue weighted by molar-refractivity contribution is -0.157. The molecule has 0 aliphatic carbocycles. The number of sulfone groups is 1. The number of carbonyl (C=O) groups is 4. The van der Waals surface area contributed by atoms with E-state index in [1.165, 1.54) is 12.2 Å². The SMILES string of the molecule is CCNCCS(=O)(=O)C1CCN2C(=O)c3coc(n3)CC(=O)CC(O)/C=C(C)\C=C/CNC(=O)/C=C\[C@@H](C)[C@@H](C(C)C)OC(=O)C12. The van der Waals surface area contributed by atoms with Crippen LogP contribution in [0.1, 0.15) is 63.8 Å². The van der Waals surface area contributed by atoms with Crippen LogP contribution in [0.25, 0.3) is 0 Å². The third kappa shape index (κ3) is 10.2. The maximum Gasteiger partial charge on any atom is 0.330 e. The number of rotatable bonds is 6. The minimum Gasteiger partial charge on any atom is -0.460 e. The van der Waals surface area contributed by atoms with Crippen LogP contribution >= 0.6 is 0 Å². The largest absolute Gasteiger partial charge is 0.460 e. The molecule has 2 aliphatic heterocycles. The van der Waals surface area contributed by atoms with Crippen LogP contribution in [-0.2, 0) is 35.4 Å². The number of ether oxygens (including phenoxy) is 1. The fraction of sp³-hybridized carbons (Fsp3) is 0.594. The summed E-state index contributed by atoms with van der Waals surface area (Å²) in [5.41, 5.74) is 0.499. The summed E-state index contributed by atoms with van der Waals surface area (Å²) in [7, 11) is -3.85. The van der Waals surface area contributed by atoms with E-state index in [4.69, 9.17) is 9.15 Å². The van der Waals surface area contributed by atoms with Gasteiger partial charge in [0, 0.05) is 32.0 Å². The highest BCUT2D eigenvalue weighted by atomic mass is 32.2. The van der Waals surface area contributed by atoms with E-state index in [0.717, 1.165) is 11.2 Å². The quantitative estimate of drug-likeness (QED) is 0.296. The Kier molecular flexibility index (Phi) is 13.5. The number of cyclic esters (lactones) is 1. The third-order valence-corrected chi connectivity index (χ3v) is 10.1. The van der Waals surface area contributed by atoms with Gasteiger partial charge in [0.15, 0.2) is 15.5 Å². The van der Waals surface area contributed by atoms with Gasteiger partial charge in [-0.1, -0.05) is 57.6 Å². The highest BCUT2D eigenvalue weighted by molar-refractivity contribution is 7.92. The molecule has 2 aliphatic rings. The van der Waals surface area contributed by atoms with Crippen LogP contribution in [0.4, 0.5) is 0 Å². The Balaban J connectivity index is 1.99. The molecule has 0 saturated carbocycles. The van der Waals surface area contributed by atoms with E-state index in [2.05, 4.69) is 15.6 Å². The lowest BCUT2D eigenvalue weighted by Gasteiger charge is -2.31. The molecule has 5 atom stereocenters. The van der Waals surface area contributed by atoms with Gasteiger partial charge in [-0.2, -0.15) is 0 Å². The highest BCUT2D eigenvalue weighted by Crippen LogP contribution is 2.30. The molecule has 1 aromatic rings. The molecular weight excluding hydrogens is 616 g/mol. The molecular formula is C32H46N4O9S. The van der Waals surface area contributed by atoms with Gasteiger partial charge < -0.3 is 29.8 Å². The lowest BCUT2D eigenvalue weighted by Crippen LogP contribution is -2.50. The Morgan fingerprint density at radius 2 is 1.93 bits per heavy atom. The number of allylic oxidation sites excluding steroid dienone is 2. The number of hydrogen-bond donors (Lipinski definition) is 3. The second-order valence-electron chi connectivity index (χ2n) is 12.0. The maximum atomic E-state index is 13.9. The summed E-state index contributed by atoms with van der Waals surface area (Å²) in [5.74, 6) is -3.28. The van der Waals surface area contributed by atoms with Gasteiger partial charge in [0.2, 0.25) is 11.8 Å². The van der Waals surface area contributed by atoms with Crippen LogP contribution in [-0.4, -0.2) is 102 Å². The minimum atomic E-state index is -3.85. The number of carbonyl (C=O) groups excluding carboxylic acids is 4. The van der Waals surface area contributed by atoms with Crippen molar-refractivity contribution in [2.75, 3.05) is 31.9 Å². The van der Waals surface area contributed by atoms with Gasteiger partial charge in [0.25, 0.3) is 5.91 Å². The molecule has 1 aromatic heterocycles. The number of ketones is 1. The van der Waals surface area contributed by atoms with Crippen LogP contribution in [0.5, 0.6) is 0 Å². The van der Waals surface area contributed by atoms with Gasteiger partial charge in [0.05, 0.1) is 23.5 Å². The molecule has 0 spiro atoms. The highest BCUT2D eigenvalue weighted by Gasteiger charge is 2.50. The van der Waals surface area contributed by atoms with Crippen molar-refractivity contribution in [3.63, 3.8) is 0 Å². The van der Waals surface area contributed by atoms with E-state index in [1.807, 2.05) is 20.8 Å². The first kappa shape index (κ1) is 36.8. The predicted molar refractivity (Wildman–Crippen MR) is 170 cm³/mol. The Morgan fingerprint density at radius 3 is 2.63 bits per heavy atom. The van der Waals surface area contributed by atoms with Crippen LogP contribution < -0.4 is 10.6 Å².